The van der Waals surface area contributed by atoms with Crippen LogP contribution in [0.1, 0.15) is 69.8 Å². The molecule has 0 aliphatic rings. The van der Waals surface area contributed by atoms with Gasteiger partial charge in [0.25, 0.3) is 0 Å². The smallest absolute Gasteiger partial charge is 0.336 e. The van der Waals surface area contributed by atoms with E-state index in [1.807, 2.05) is 57.2 Å². The minimum absolute atomic E-state index is 0.0375. The van der Waals surface area contributed by atoms with Gasteiger partial charge in [0.15, 0.2) is 11.4 Å². The van der Waals surface area contributed by atoms with Crippen molar-refractivity contribution >= 4 is 16.8 Å². The summed E-state index contributed by atoms with van der Waals surface area (Å²) >= 11 is 0. The van der Waals surface area contributed by atoms with Crippen LogP contribution in [0.25, 0.3) is 22.1 Å². The monoisotopic (exact) mass is 474 g/mol. The largest absolute Gasteiger partial charge is 0.507 e. The molecule has 0 radical (unpaired) electrons. The van der Waals surface area contributed by atoms with Crippen molar-refractivity contribution in [2.24, 2.45) is 5.92 Å². The van der Waals surface area contributed by atoms with E-state index >= 15 is 0 Å². The van der Waals surface area contributed by atoms with Crippen LogP contribution >= 0.6 is 0 Å². The number of aromatic hydroxyl groups is 2. The predicted octanol–water partition coefficient (Wildman–Crippen LogP) is 7.34. The quantitative estimate of drug-likeness (QED) is 0.192. The molecular weight excluding hydrogens is 440 g/mol. The average molecular weight is 475 g/mol. The first-order valence-corrected chi connectivity index (χ1v) is 12.0. The maximum absolute atomic E-state index is 13.2. The summed E-state index contributed by atoms with van der Waals surface area (Å²) in [5.74, 6) is -0.811. The lowest BCUT2D eigenvalue weighted by Crippen LogP contribution is -2.09. The van der Waals surface area contributed by atoms with Gasteiger partial charge in [-0.25, -0.2) is 4.79 Å². The van der Waals surface area contributed by atoms with E-state index in [4.69, 9.17) is 4.42 Å². The Morgan fingerprint density at radius 1 is 1.03 bits per heavy atom. The first-order chi connectivity index (χ1) is 16.6. The molecular formula is C30H34O5. The van der Waals surface area contributed by atoms with Crippen LogP contribution in [-0.2, 0) is 6.42 Å². The van der Waals surface area contributed by atoms with Gasteiger partial charge in [-0.05, 0) is 51.5 Å². The van der Waals surface area contributed by atoms with Gasteiger partial charge in [-0.3, -0.25) is 4.79 Å². The lowest BCUT2D eigenvalue weighted by Gasteiger charge is -2.17. The summed E-state index contributed by atoms with van der Waals surface area (Å²) in [4.78, 5) is 25.7. The third-order valence-corrected chi connectivity index (χ3v) is 5.94. The molecule has 35 heavy (non-hydrogen) atoms. The Morgan fingerprint density at radius 3 is 2.34 bits per heavy atom. The molecule has 2 N–H and O–H groups in total. The molecule has 5 heteroatoms. The van der Waals surface area contributed by atoms with Crippen LogP contribution in [0.2, 0.25) is 0 Å². The van der Waals surface area contributed by atoms with E-state index < -0.39 is 5.63 Å². The van der Waals surface area contributed by atoms with Crippen LogP contribution in [0.15, 0.2) is 68.9 Å². The highest BCUT2D eigenvalue weighted by molar-refractivity contribution is 6.13. The summed E-state index contributed by atoms with van der Waals surface area (Å²) in [6.07, 6.45) is 6.29. The number of hydrogen-bond acceptors (Lipinski definition) is 5. The van der Waals surface area contributed by atoms with Gasteiger partial charge in [0.05, 0.1) is 5.39 Å². The van der Waals surface area contributed by atoms with Crippen LogP contribution in [0.4, 0.5) is 0 Å². The summed E-state index contributed by atoms with van der Waals surface area (Å²) in [5, 5.41) is 22.8. The number of carbonyl (C=O) groups excluding carboxylic acids is 1. The molecule has 3 aromatic rings. The number of rotatable bonds is 9. The molecule has 3 rings (SSSR count). The zero-order chi connectivity index (χ0) is 25.7. The Labute approximate surface area is 206 Å². The lowest BCUT2D eigenvalue weighted by molar-refractivity contribution is 0.0965. The standard InChI is InChI=1S/C30H34O5/c1-18(2)10-9-11-20(5)14-15-22-28(33)26-23(21-12-7-6-8-13-21)17-25(32)35-30(26)27(29(22)34)24(31)16-19(3)4/h6-8,10,12-14,17,19,33-34H,9,11,15-16H2,1-5H3/b20-14+. The van der Waals surface area contributed by atoms with Crippen molar-refractivity contribution in [3.63, 3.8) is 0 Å². The van der Waals surface area contributed by atoms with Crippen LogP contribution in [-0.4, -0.2) is 16.0 Å². The molecule has 0 amide bonds. The van der Waals surface area contributed by atoms with Gasteiger partial charge in [0, 0.05) is 23.6 Å². The maximum atomic E-state index is 13.2. The minimum atomic E-state index is -0.656. The first-order valence-electron chi connectivity index (χ1n) is 12.0. The first kappa shape index (κ1) is 26.0. The Bertz CT molecular complexity index is 1340. The second-order valence-electron chi connectivity index (χ2n) is 9.70. The number of benzene rings is 2. The number of fused-ring (bicyclic) bond motifs is 1. The highest BCUT2D eigenvalue weighted by Gasteiger charge is 2.27. The molecule has 0 aliphatic carbocycles. The zero-order valence-electron chi connectivity index (χ0n) is 21.1. The van der Waals surface area contributed by atoms with Crippen LogP contribution in [0.5, 0.6) is 11.5 Å². The third kappa shape index (κ3) is 6.10. The number of Topliss-reactive ketones (excluding diaryl/α,β-unsaturated/α-hetero) is 1. The highest BCUT2D eigenvalue weighted by Crippen LogP contribution is 2.44. The van der Waals surface area contributed by atoms with Gasteiger partial charge in [0.2, 0.25) is 0 Å². The molecule has 1 heterocycles. The summed E-state index contributed by atoms with van der Waals surface area (Å²) in [6, 6.07) is 10.5. The number of carbonyl (C=O) groups is 1. The Hall–Kier alpha value is -3.60. The second kappa shape index (κ2) is 11.2. The molecule has 0 fully saturated rings. The topological polar surface area (TPSA) is 87.7 Å². The fraction of sp³-hybridized carbons (Fsp3) is 0.333. The van der Waals surface area contributed by atoms with Gasteiger partial charge < -0.3 is 14.6 Å². The fourth-order valence-electron chi connectivity index (χ4n) is 4.16. The summed E-state index contributed by atoms with van der Waals surface area (Å²) in [5.41, 5.74) is 2.99. The van der Waals surface area contributed by atoms with E-state index in [0.717, 1.165) is 18.4 Å². The molecule has 0 spiro atoms. The number of ketones is 1. The van der Waals surface area contributed by atoms with Crippen molar-refractivity contribution in [2.75, 3.05) is 0 Å². The van der Waals surface area contributed by atoms with Gasteiger partial charge in [-0.2, -0.15) is 0 Å². The third-order valence-electron chi connectivity index (χ3n) is 5.94. The molecule has 5 nitrogen and oxygen atoms in total. The predicted molar refractivity (Wildman–Crippen MR) is 141 cm³/mol. The van der Waals surface area contributed by atoms with Gasteiger partial charge in [-0.15, -0.1) is 0 Å². The Morgan fingerprint density at radius 2 is 1.71 bits per heavy atom. The molecule has 0 atom stereocenters. The summed E-state index contributed by atoms with van der Waals surface area (Å²) in [6.45, 7) is 9.93. The highest BCUT2D eigenvalue weighted by atomic mass is 16.4. The van der Waals surface area contributed by atoms with Crippen molar-refractivity contribution in [3.05, 3.63) is 81.2 Å². The van der Waals surface area contributed by atoms with Crippen molar-refractivity contribution in [3.8, 4) is 22.6 Å². The fourth-order valence-corrected chi connectivity index (χ4v) is 4.16. The van der Waals surface area contributed by atoms with Crippen molar-refractivity contribution in [1.29, 1.82) is 0 Å². The van der Waals surface area contributed by atoms with Crippen molar-refractivity contribution < 1.29 is 19.4 Å². The molecule has 0 bridgehead atoms. The number of allylic oxidation sites excluding steroid dienone is 4. The molecule has 2 aromatic carbocycles. The molecule has 0 saturated carbocycles. The average Bonchev–Trinajstić information content (AvgIpc) is 2.78. The van der Waals surface area contributed by atoms with E-state index in [1.54, 1.807) is 0 Å². The lowest BCUT2D eigenvalue weighted by atomic mass is 9.91. The van der Waals surface area contributed by atoms with E-state index in [1.165, 1.54) is 11.6 Å². The normalized spacial score (nSPS) is 11.8. The van der Waals surface area contributed by atoms with E-state index in [2.05, 4.69) is 19.9 Å². The minimum Gasteiger partial charge on any atom is -0.507 e. The van der Waals surface area contributed by atoms with Crippen LogP contribution < -0.4 is 5.63 Å². The number of hydrogen-bond donors (Lipinski definition) is 2. The SMILES string of the molecule is CC(C)=CCC/C(C)=C/Cc1c(O)c(C(=O)CC(C)C)c2oc(=O)cc(-c3ccccc3)c2c1O. The van der Waals surface area contributed by atoms with Crippen molar-refractivity contribution in [2.45, 2.75) is 60.3 Å². The molecule has 0 unspecified atom stereocenters. The molecule has 0 saturated heterocycles. The number of phenols is 2. The maximum Gasteiger partial charge on any atom is 0.336 e. The van der Waals surface area contributed by atoms with E-state index in [0.29, 0.717) is 11.1 Å². The Kier molecular flexibility index (Phi) is 8.34. The molecule has 1 aromatic heterocycles. The zero-order valence-corrected chi connectivity index (χ0v) is 21.1. The van der Waals surface area contributed by atoms with Crippen molar-refractivity contribution in [1.82, 2.24) is 0 Å². The molecule has 0 aliphatic heterocycles. The van der Waals surface area contributed by atoms with Crippen LogP contribution in [0, 0.1) is 5.92 Å². The van der Waals surface area contributed by atoms with Crippen LogP contribution in [0.3, 0.4) is 0 Å². The Balaban J connectivity index is 2.26. The van der Waals surface area contributed by atoms with E-state index in [9.17, 15) is 19.8 Å². The second-order valence-corrected chi connectivity index (χ2v) is 9.70. The van der Waals surface area contributed by atoms with E-state index in [-0.39, 0.29) is 58.1 Å². The van der Waals surface area contributed by atoms with Gasteiger partial charge >= 0.3 is 5.63 Å². The number of phenolic OH excluding ortho intramolecular Hbond substituents is 2. The summed E-state index contributed by atoms with van der Waals surface area (Å²) < 4.78 is 5.46. The van der Waals surface area contributed by atoms with Gasteiger partial charge in [-0.1, -0.05) is 67.5 Å². The van der Waals surface area contributed by atoms with Gasteiger partial charge in [0.1, 0.15) is 17.1 Å². The summed E-state index contributed by atoms with van der Waals surface area (Å²) in [7, 11) is 0. The molecule has 184 valence electrons.